The summed E-state index contributed by atoms with van der Waals surface area (Å²) >= 11 is 0. The van der Waals surface area contributed by atoms with Gasteiger partial charge >= 0.3 is 0 Å². The second-order valence-electron chi connectivity index (χ2n) is 18.1. The van der Waals surface area contributed by atoms with Crippen molar-refractivity contribution in [3.8, 4) is 50.2 Å². The van der Waals surface area contributed by atoms with Crippen LogP contribution >= 0.6 is 0 Å². The van der Waals surface area contributed by atoms with Gasteiger partial charge in [0.15, 0.2) is 0 Å². The first-order valence-corrected chi connectivity index (χ1v) is 21.9. The number of hydrogen-bond acceptors (Lipinski definition) is 1. The van der Waals surface area contributed by atoms with Gasteiger partial charge in [-0.1, -0.05) is 179 Å². The number of aromatic nitrogens is 1. The van der Waals surface area contributed by atoms with Crippen LogP contribution in [0, 0.1) is 0 Å². The lowest BCUT2D eigenvalue weighted by atomic mass is 9.82. The molecule has 0 atom stereocenters. The van der Waals surface area contributed by atoms with Gasteiger partial charge in [0.2, 0.25) is 0 Å². The number of rotatable bonds is 6. The highest BCUT2D eigenvalue weighted by Gasteiger charge is 2.38. The summed E-state index contributed by atoms with van der Waals surface area (Å²) < 4.78 is 2.41. The van der Waals surface area contributed by atoms with Crippen LogP contribution in [0.15, 0.2) is 206 Å². The second kappa shape index (κ2) is 13.5. The molecular weight excluding hydrogens is 749 g/mol. The van der Waals surface area contributed by atoms with E-state index in [0.717, 1.165) is 22.7 Å². The fourth-order valence-electron chi connectivity index (χ4n) is 11.0. The van der Waals surface area contributed by atoms with Gasteiger partial charge in [-0.15, -0.1) is 0 Å². The minimum Gasteiger partial charge on any atom is -0.309 e. The molecule has 296 valence electrons. The van der Waals surface area contributed by atoms with Crippen molar-refractivity contribution >= 4 is 38.9 Å². The Bertz CT molecular complexity index is 3400. The van der Waals surface area contributed by atoms with Gasteiger partial charge in [0, 0.05) is 38.5 Å². The van der Waals surface area contributed by atoms with Gasteiger partial charge in [-0.25, -0.2) is 0 Å². The van der Waals surface area contributed by atoms with Crippen LogP contribution in [0.1, 0.15) is 49.9 Å². The molecule has 0 aliphatic heterocycles. The summed E-state index contributed by atoms with van der Waals surface area (Å²) in [6, 6.07) is 76.5. The molecule has 0 bridgehead atoms. The van der Waals surface area contributed by atoms with Crippen LogP contribution in [0.3, 0.4) is 0 Å². The summed E-state index contributed by atoms with van der Waals surface area (Å²) in [6.07, 6.45) is 0. The van der Waals surface area contributed by atoms with Gasteiger partial charge in [-0.05, 0) is 116 Å². The second-order valence-corrected chi connectivity index (χ2v) is 18.1. The number of para-hydroxylation sites is 3. The monoisotopic (exact) mass is 794 g/mol. The minimum absolute atomic E-state index is 0.0242. The molecule has 0 radical (unpaired) electrons. The summed E-state index contributed by atoms with van der Waals surface area (Å²) in [5.41, 5.74) is 22.5. The van der Waals surface area contributed by atoms with Crippen LogP contribution < -0.4 is 4.90 Å². The van der Waals surface area contributed by atoms with Crippen LogP contribution in [-0.2, 0) is 10.8 Å². The van der Waals surface area contributed by atoms with E-state index in [9.17, 15) is 0 Å². The molecule has 2 aliphatic carbocycles. The normalized spacial score (nSPS) is 14.1. The van der Waals surface area contributed by atoms with E-state index in [4.69, 9.17) is 0 Å². The average Bonchev–Trinajstić information content (AvgIpc) is 3.87. The summed E-state index contributed by atoms with van der Waals surface area (Å²) in [5.74, 6) is 0. The minimum atomic E-state index is -0.105. The van der Waals surface area contributed by atoms with Crippen molar-refractivity contribution in [2.24, 2.45) is 0 Å². The first-order valence-electron chi connectivity index (χ1n) is 21.9. The Morgan fingerprint density at radius 1 is 0.371 bits per heavy atom. The van der Waals surface area contributed by atoms with E-state index >= 15 is 0 Å². The summed E-state index contributed by atoms with van der Waals surface area (Å²) in [6.45, 7) is 9.43. The van der Waals surface area contributed by atoms with Crippen molar-refractivity contribution in [3.63, 3.8) is 0 Å². The third kappa shape index (κ3) is 5.23. The van der Waals surface area contributed by atoms with E-state index in [-0.39, 0.29) is 10.8 Å². The molecule has 9 aromatic carbocycles. The van der Waals surface area contributed by atoms with E-state index in [2.05, 4.69) is 243 Å². The Morgan fingerprint density at radius 2 is 0.919 bits per heavy atom. The van der Waals surface area contributed by atoms with Gasteiger partial charge in [0.1, 0.15) is 0 Å². The molecule has 0 spiro atoms. The molecule has 1 aromatic heterocycles. The maximum absolute atomic E-state index is 2.51. The molecule has 0 unspecified atom stereocenters. The van der Waals surface area contributed by atoms with Gasteiger partial charge < -0.3 is 9.47 Å². The standard InChI is InChI=1S/C60H46N2/c1-59(2)49-25-12-8-20-43(49)48-38-40(34-37-51(48)59)39-32-35-42(36-33-39)62(56-31-17-30-55-58(56)47-23-11-15-29-54(47)61(55)41-18-6-5-7-19-41)53-28-14-10-21-44(53)45-24-16-27-52-57(45)46-22-9-13-26-50(46)60(52,3)4/h5-38H,1-4H3. The third-order valence-corrected chi connectivity index (χ3v) is 14.0. The van der Waals surface area contributed by atoms with Crippen LogP contribution in [0.25, 0.3) is 72.0 Å². The average molecular weight is 795 g/mol. The lowest BCUT2D eigenvalue weighted by Gasteiger charge is -2.29. The van der Waals surface area contributed by atoms with Crippen molar-refractivity contribution < 1.29 is 0 Å². The van der Waals surface area contributed by atoms with Gasteiger partial charge in [0.05, 0.1) is 22.4 Å². The summed E-state index contributed by atoms with van der Waals surface area (Å²) in [4.78, 5) is 2.51. The molecule has 12 rings (SSSR count). The zero-order valence-corrected chi connectivity index (χ0v) is 35.5. The smallest absolute Gasteiger partial charge is 0.0562 e. The van der Waals surface area contributed by atoms with E-state index in [1.807, 2.05) is 0 Å². The first kappa shape index (κ1) is 36.4. The molecule has 2 aliphatic rings. The molecule has 0 fully saturated rings. The molecule has 0 saturated carbocycles. The van der Waals surface area contributed by atoms with Crippen molar-refractivity contribution in [3.05, 3.63) is 229 Å². The first-order chi connectivity index (χ1) is 30.3. The van der Waals surface area contributed by atoms with Crippen LogP contribution in [0.5, 0.6) is 0 Å². The van der Waals surface area contributed by atoms with Crippen LogP contribution in [0.2, 0.25) is 0 Å². The van der Waals surface area contributed by atoms with Gasteiger partial charge in [0.25, 0.3) is 0 Å². The summed E-state index contributed by atoms with van der Waals surface area (Å²) in [5, 5.41) is 2.44. The number of anilines is 3. The molecular formula is C60H46N2. The SMILES string of the molecule is CC1(C)c2ccccc2-c2cc(-c3ccc(N(c4ccccc4-c4cccc5c4-c4ccccc4C5(C)C)c4cccc5c4c4ccccc4n5-c4ccccc4)cc3)ccc21. The molecule has 10 aromatic rings. The van der Waals surface area contributed by atoms with Gasteiger partial charge in [-0.3, -0.25) is 0 Å². The Labute approximate surface area is 364 Å². The molecule has 62 heavy (non-hydrogen) atoms. The Kier molecular flexibility index (Phi) is 7.96. The highest BCUT2D eigenvalue weighted by Crippen LogP contribution is 2.55. The fourth-order valence-corrected chi connectivity index (χ4v) is 11.0. The topological polar surface area (TPSA) is 8.17 Å². The number of hydrogen-bond donors (Lipinski definition) is 0. The van der Waals surface area contributed by atoms with Crippen molar-refractivity contribution in [2.75, 3.05) is 4.90 Å². The predicted octanol–water partition coefficient (Wildman–Crippen LogP) is 16.2. The third-order valence-electron chi connectivity index (χ3n) is 14.0. The van der Waals surface area contributed by atoms with E-state index in [1.165, 1.54) is 88.6 Å². The number of fused-ring (bicyclic) bond motifs is 9. The van der Waals surface area contributed by atoms with Crippen LogP contribution in [0.4, 0.5) is 17.1 Å². The molecule has 0 saturated heterocycles. The quantitative estimate of drug-likeness (QED) is 0.163. The van der Waals surface area contributed by atoms with E-state index < -0.39 is 0 Å². The van der Waals surface area contributed by atoms with Crippen molar-refractivity contribution in [2.45, 2.75) is 38.5 Å². The zero-order chi connectivity index (χ0) is 41.7. The van der Waals surface area contributed by atoms with Crippen molar-refractivity contribution in [1.82, 2.24) is 4.57 Å². The number of benzene rings is 9. The highest BCUT2D eigenvalue weighted by molar-refractivity contribution is 6.17. The molecule has 0 N–H and O–H groups in total. The van der Waals surface area contributed by atoms with Crippen molar-refractivity contribution in [1.29, 1.82) is 0 Å². The molecule has 0 amide bonds. The van der Waals surface area contributed by atoms with E-state index in [1.54, 1.807) is 0 Å². The molecule has 1 heterocycles. The maximum atomic E-state index is 2.51. The molecule has 2 nitrogen and oxygen atoms in total. The lowest BCUT2D eigenvalue weighted by Crippen LogP contribution is -2.15. The predicted molar refractivity (Wildman–Crippen MR) is 261 cm³/mol. The van der Waals surface area contributed by atoms with Gasteiger partial charge in [-0.2, -0.15) is 0 Å². The lowest BCUT2D eigenvalue weighted by molar-refractivity contribution is 0.660. The maximum Gasteiger partial charge on any atom is 0.0562 e. The Balaban J connectivity index is 1.09. The molecule has 2 heteroatoms. The summed E-state index contributed by atoms with van der Waals surface area (Å²) in [7, 11) is 0. The largest absolute Gasteiger partial charge is 0.309 e. The number of nitrogens with zero attached hydrogens (tertiary/aromatic N) is 2. The Morgan fingerprint density at radius 3 is 1.73 bits per heavy atom. The fraction of sp³-hybridized carbons (Fsp3) is 0.100. The Hall–Kier alpha value is -7.42. The zero-order valence-electron chi connectivity index (χ0n) is 35.5. The van der Waals surface area contributed by atoms with Crippen LogP contribution in [-0.4, -0.2) is 4.57 Å². The van der Waals surface area contributed by atoms with E-state index in [0.29, 0.717) is 0 Å². The highest BCUT2D eigenvalue weighted by atomic mass is 15.2.